The van der Waals surface area contributed by atoms with Crippen LogP contribution >= 0.6 is 22.7 Å². The molecule has 0 bridgehead atoms. The van der Waals surface area contributed by atoms with Crippen LogP contribution in [-0.4, -0.2) is 50.9 Å². The number of ether oxygens (including phenoxy) is 1. The van der Waals surface area contributed by atoms with E-state index in [4.69, 9.17) is 4.74 Å². The minimum absolute atomic E-state index is 0.280. The lowest BCUT2D eigenvalue weighted by Crippen LogP contribution is -2.30. The average Bonchev–Trinajstić information content (AvgIpc) is 3.48. The fourth-order valence-electron chi connectivity index (χ4n) is 2.85. The van der Waals surface area contributed by atoms with Crippen LogP contribution in [0.5, 0.6) is 5.75 Å². The lowest BCUT2D eigenvalue weighted by molar-refractivity contribution is 0.285. The van der Waals surface area contributed by atoms with Gasteiger partial charge in [-0.15, -0.1) is 11.3 Å². The number of nitrogens with zero attached hydrogens (tertiary/aromatic N) is 2. The molecule has 0 radical (unpaired) electrons. The molecule has 5 nitrogen and oxygen atoms in total. The fraction of sp³-hybridized carbons (Fsp3) is 0.304. The Balaban J connectivity index is 1.51. The van der Waals surface area contributed by atoms with Gasteiger partial charge < -0.3 is 4.74 Å². The molecule has 0 atom stereocenters. The fourth-order valence-corrected chi connectivity index (χ4v) is 5.61. The number of thiophene rings is 2. The van der Waals surface area contributed by atoms with Crippen LogP contribution in [0.15, 0.2) is 63.5 Å². The standard InChI is InChI=1S/C23H26N2O3S3/c1-3-25(12-5-9-22-10-6-15-30-22)18-20-7-4-8-21(17-20)28-14-13-24(2)31(26,27)23-11-16-29-19-23/h4,6-8,10-11,15-17,19H,3,12-14,18H2,1-2H3. The summed E-state index contributed by atoms with van der Waals surface area (Å²) in [6, 6.07) is 13.6. The number of benzene rings is 1. The van der Waals surface area contributed by atoms with Gasteiger partial charge in [-0.1, -0.05) is 37.0 Å². The maximum atomic E-state index is 12.5. The van der Waals surface area contributed by atoms with Crippen LogP contribution < -0.4 is 4.74 Å². The summed E-state index contributed by atoms with van der Waals surface area (Å²) in [6.07, 6.45) is 0. The van der Waals surface area contributed by atoms with Crippen LogP contribution in [0.4, 0.5) is 0 Å². The highest BCUT2D eigenvalue weighted by molar-refractivity contribution is 7.89. The van der Waals surface area contributed by atoms with Crippen molar-refractivity contribution in [3.63, 3.8) is 0 Å². The molecular weight excluding hydrogens is 448 g/mol. The Morgan fingerprint density at radius 1 is 1.13 bits per heavy atom. The summed E-state index contributed by atoms with van der Waals surface area (Å²) in [4.78, 5) is 3.67. The molecule has 0 fully saturated rings. The number of likely N-dealkylation sites (N-methyl/N-ethyl adjacent to an activating group) is 1. The Morgan fingerprint density at radius 3 is 2.71 bits per heavy atom. The molecule has 3 rings (SSSR count). The first-order chi connectivity index (χ1) is 15.0. The molecule has 0 saturated carbocycles. The lowest BCUT2D eigenvalue weighted by atomic mass is 10.2. The molecule has 3 aromatic rings. The van der Waals surface area contributed by atoms with Crippen LogP contribution in [0.3, 0.4) is 0 Å². The largest absolute Gasteiger partial charge is 0.492 e. The van der Waals surface area contributed by atoms with Crippen LogP contribution in [0.2, 0.25) is 0 Å². The molecule has 0 N–H and O–H groups in total. The van der Waals surface area contributed by atoms with E-state index in [1.54, 1.807) is 35.2 Å². The number of sulfonamides is 1. The molecule has 31 heavy (non-hydrogen) atoms. The highest BCUT2D eigenvalue weighted by Gasteiger charge is 2.20. The second kappa shape index (κ2) is 11.5. The quantitative estimate of drug-likeness (QED) is 0.409. The molecule has 0 spiro atoms. The summed E-state index contributed by atoms with van der Waals surface area (Å²) in [5, 5.41) is 5.43. The summed E-state index contributed by atoms with van der Waals surface area (Å²) >= 11 is 3.02. The van der Waals surface area contributed by atoms with Crippen molar-refractivity contribution in [1.29, 1.82) is 0 Å². The molecule has 0 aliphatic heterocycles. The molecule has 0 saturated heterocycles. The van der Waals surface area contributed by atoms with Gasteiger partial charge in [0.15, 0.2) is 0 Å². The van der Waals surface area contributed by atoms with Gasteiger partial charge in [0.05, 0.1) is 16.3 Å². The summed E-state index contributed by atoms with van der Waals surface area (Å²) in [6.45, 7) is 5.06. The van der Waals surface area contributed by atoms with Crippen molar-refractivity contribution in [2.45, 2.75) is 18.4 Å². The smallest absolute Gasteiger partial charge is 0.243 e. The maximum Gasteiger partial charge on any atom is 0.243 e. The number of hydrogen-bond acceptors (Lipinski definition) is 6. The zero-order valence-corrected chi connectivity index (χ0v) is 20.1. The molecule has 2 heterocycles. The van der Waals surface area contributed by atoms with Crippen molar-refractivity contribution < 1.29 is 13.2 Å². The van der Waals surface area contributed by atoms with Gasteiger partial charge in [-0.25, -0.2) is 8.42 Å². The van der Waals surface area contributed by atoms with E-state index < -0.39 is 10.0 Å². The van der Waals surface area contributed by atoms with E-state index in [9.17, 15) is 8.42 Å². The highest BCUT2D eigenvalue weighted by Crippen LogP contribution is 2.18. The van der Waals surface area contributed by atoms with Crippen molar-refractivity contribution in [2.24, 2.45) is 0 Å². The molecule has 0 amide bonds. The van der Waals surface area contributed by atoms with Gasteiger partial charge in [0.2, 0.25) is 10.0 Å². The Hall–Kier alpha value is -2.15. The van der Waals surface area contributed by atoms with Gasteiger partial charge in [0, 0.05) is 25.5 Å². The second-order valence-corrected chi connectivity index (χ2v) is 10.6. The number of rotatable bonds is 10. The Bertz CT molecular complexity index is 1100. The minimum Gasteiger partial charge on any atom is -0.492 e. The van der Waals surface area contributed by atoms with E-state index in [-0.39, 0.29) is 13.2 Å². The van der Waals surface area contributed by atoms with Crippen molar-refractivity contribution in [3.8, 4) is 17.6 Å². The average molecular weight is 475 g/mol. The Morgan fingerprint density at radius 2 is 2.00 bits per heavy atom. The van der Waals surface area contributed by atoms with E-state index in [0.717, 1.165) is 29.3 Å². The molecule has 2 aromatic heterocycles. The third-order valence-electron chi connectivity index (χ3n) is 4.67. The van der Waals surface area contributed by atoms with Gasteiger partial charge in [-0.05, 0) is 47.1 Å². The molecule has 1 aromatic carbocycles. The SMILES string of the molecule is CCN(CC#Cc1cccs1)Cc1cccc(OCCN(C)S(=O)(=O)c2ccsc2)c1. The van der Waals surface area contributed by atoms with E-state index in [2.05, 4.69) is 29.7 Å². The first kappa shape index (κ1) is 23.5. The maximum absolute atomic E-state index is 12.5. The first-order valence-corrected chi connectivity index (χ1v) is 13.2. The van der Waals surface area contributed by atoms with Crippen LogP contribution in [-0.2, 0) is 16.6 Å². The predicted molar refractivity (Wildman–Crippen MR) is 128 cm³/mol. The van der Waals surface area contributed by atoms with E-state index >= 15 is 0 Å². The Labute approximate surface area is 193 Å². The monoisotopic (exact) mass is 474 g/mol. The highest BCUT2D eigenvalue weighted by atomic mass is 32.2. The Kier molecular flexibility index (Phi) is 8.69. The molecule has 164 valence electrons. The van der Waals surface area contributed by atoms with Gasteiger partial charge in [-0.2, -0.15) is 15.6 Å². The lowest BCUT2D eigenvalue weighted by Gasteiger charge is -2.19. The normalized spacial score (nSPS) is 11.5. The summed E-state index contributed by atoms with van der Waals surface area (Å²) in [5.41, 5.74) is 1.14. The van der Waals surface area contributed by atoms with Crippen molar-refractivity contribution in [2.75, 3.05) is 33.3 Å². The van der Waals surface area contributed by atoms with Gasteiger partial charge in [0.1, 0.15) is 12.4 Å². The molecule has 0 aliphatic carbocycles. The zero-order valence-electron chi connectivity index (χ0n) is 17.7. The van der Waals surface area contributed by atoms with Crippen molar-refractivity contribution in [3.05, 3.63) is 69.0 Å². The van der Waals surface area contributed by atoms with E-state index in [1.807, 2.05) is 35.7 Å². The third-order valence-corrected chi connectivity index (χ3v) is 8.14. The van der Waals surface area contributed by atoms with Crippen LogP contribution in [0.1, 0.15) is 17.4 Å². The molecule has 0 aliphatic rings. The van der Waals surface area contributed by atoms with Gasteiger partial charge in [0.25, 0.3) is 0 Å². The minimum atomic E-state index is -3.46. The topological polar surface area (TPSA) is 49.9 Å². The predicted octanol–water partition coefficient (Wildman–Crippen LogP) is 4.38. The van der Waals surface area contributed by atoms with Crippen LogP contribution in [0.25, 0.3) is 0 Å². The van der Waals surface area contributed by atoms with Crippen molar-refractivity contribution >= 4 is 32.7 Å². The summed E-state index contributed by atoms with van der Waals surface area (Å²) < 4.78 is 32.1. The van der Waals surface area contributed by atoms with Gasteiger partial charge in [-0.3, -0.25) is 4.90 Å². The van der Waals surface area contributed by atoms with Gasteiger partial charge >= 0.3 is 0 Å². The van der Waals surface area contributed by atoms with Crippen molar-refractivity contribution in [1.82, 2.24) is 9.21 Å². The summed E-state index contributed by atoms with van der Waals surface area (Å²) in [7, 11) is -1.89. The molecular formula is C23H26N2O3S3. The van der Waals surface area contributed by atoms with E-state index in [1.165, 1.54) is 15.6 Å². The van der Waals surface area contributed by atoms with E-state index in [0.29, 0.717) is 11.4 Å². The van der Waals surface area contributed by atoms with Crippen LogP contribution in [0, 0.1) is 11.8 Å². The number of hydrogen-bond donors (Lipinski definition) is 0. The zero-order chi connectivity index (χ0) is 22.1. The molecule has 8 heteroatoms. The molecule has 0 unspecified atom stereocenters. The first-order valence-electron chi connectivity index (χ1n) is 9.94. The third kappa shape index (κ3) is 6.92. The summed E-state index contributed by atoms with van der Waals surface area (Å²) in [5.74, 6) is 7.17. The second-order valence-electron chi connectivity index (χ2n) is 6.86.